The van der Waals surface area contributed by atoms with Gasteiger partial charge in [-0.05, 0) is 42.8 Å². The molecule has 0 spiro atoms. The molecule has 0 saturated heterocycles. The third-order valence-corrected chi connectivity index (χ3v) is 6.83. The Morgan fingerprint density at radius 1 is 1.17 bits per heavy atom. The number of ether oxygens (including phenoxy) is 1. The van der Waals surface area contributed by atoms with E-state index in [1.165, 1.54) is 40.7 Å². The molecule has 164 valence electrons. The number of hydrogen-bond donors (Lipinski definition) is 1. The highest BCUT2D eigenvalue weighted by Gasteiger charge is 2.24. The average molecular weight is 461 g/mol. The maximum Gasteiger partial charge on any atom is 0.387 e. The molecule has 2 aromatic rings. The van der Waals surface area contributed by atoms with Crippen LogP contribution in [0.4, 0.5) is 8.78 Å². The van der Waals surface area contributed by atoms with Crippen molar-refractivity contribution in [1.82, 2.24) is 9.62 Å². The molecular weight excluding hydrogens is 438 g/mol. The lowest BCUT2D eigenvalue weighted by atomic mass is 10.1. The Hall–Kier alpha value is -2.23. The molecule has 0 bridgehead atoms. The second kappa shape index (κ2) is 10.2. The fourth-order valence-corrected chi connectivity index (χ4v) is 4.56. The van der Waals surface area contributed by atoms with Gasteiger partial charge in [0.15, 0.2) is 0 Å². The van der Waals surface area contributed by atoms with Crippen molar-refractivity contribution >= 4 is 27.5 Å². The van der Waals surface area contributed by atoms with E-state index in [9.17, 15) is 22.0 Å². The van der Waals surface area contributed by atoms with E-state index in [0.717, 1.165) is 0 Å². The van der Waals surface area contributed by atoms with E-state index in [0.29, 0.717) is 5.56 Å². The SMILES string of the molecule is CCN(CC)S(=O)(=O)c1ccc(Cl)c(C(=O)NC(C)c2cccc(OC(F)F)c2)c1. The maximum atomic E-state index is 12.7. The molecule has 1 amide bonds. The summed E-state index contributed by atoms with van der Waals surface area (Å²) in [5.74, 6) is -0.627. The van der Waals surface area contributed by atoms with Crippen molar-refractivity contribution in [2.24, 2.45) is 0 Å². The number of carbonyl (C=O) groups is 1. The summed E-state index contributed by atoms with van der Waals surface area (Å²) in [6, 6.07) is 9.30. The van der Waals surface area contributed by atoms with Gasteiger partial charge in [0.1, 0.15) is 5.75 Å². The number of hydrogen-bond acceptors (Lipinski definition) is 4. The number of nitrogens with one attached hydrogen (secondary N) is 1. The van der Waals surface area contributed by atoms with Crippen LogP contribution in [0.15, 0.2) is 47.4 Å². The van der Waals surface area contributed by atoms with Gasteiger partial charge in [-0.2, -0.15) is 13.1 Å². The van der Waals surface area contributed by atoms with E-state index >= 15 is 0 Å². The molecular formula is C20H23ClF2N2O4S. The fourth-order valence-electron chi connectivity index (χ4n) is 2.87. The van der Waals surface area contributed by atoms with E-state index in [2.05, 4.69) is 10.1 Å². The number of alkyl halides is 2. The summed E-state index contributed by atoms with van der Waals surface area (Å²) in [5, 5.41) is 2.79. The molecule has 1 atom stereocenters. The van der Waals surface area contributed by atoms with Crippen LogP contribution in [-0.4, -0.2) is 38.3 Å². The highest BCUT2D eigenvalue weighted by molar-refractivity contribution is 7.89. The molecule has 0 radical (unpaired) electrons. The van der Waals surface area contributed by atoms with Crippen molar-refractivity contribution in [3.05, 3.63) is 58.6 Å². The Morgan fingerprint density at radius 2 is 1.83 bits per heavy atom. The topological polar surface area (TPSA) is 75.7 Å². The molecule has 0 heterocycles. The first-order valence-corrected chi connectivity index (χ1v) is 11.1. The minimum atomic E-state index is -3.76. The predicted octanol–water partition coefficient (Wildman–Crippen LogP) is 4.46. The molecule has 1 N–H and O–H groups in total. The molecule has 0 aromatic heterocycles. The lowest BCUT2D eigenvalue weighted by molar-refractivity contribution is -0.0499. The summed E-state index contributed by atoms with van der Waals surface area (Å²) < 4.78 is 55.9. The van der Waals surface area contributed by atoms with Crippen molar-refractivity contribution in [3.8, 4) is 5.75 Å². The van der Waals surface area contributed by atoms with Gasteiger partial charge >= 0.3 is 6.61 Å². The first-order chi connectivity index (χ1) is 14.1. The van der Waals surface area contributed by atoms with Crippen LogP contribution in [0.2, 0.25) is 5.02 Å². The number of nitrogens with zero attached hydrogens (tertiary/aromatic N) is 1. The van der Waals surface area contributed by atoms with Crippen LogP contribution in [0.25, 0.3) is 0 Å². The normalized spacial score (nSPS) is 12.8. The Morgan fingerprint density at radius 3 is 2.43 bits per heavy atom. The summed E-state index contributed by atoms with van der Waals surface area (Å²) in [6.07, 6.45) is 0. The Balaban J connectivity index is 2.27. The van der Waals surface area contributed by atoms with E-state index < -0.39 is 28.6 Å². The van der Waals surface area contributed by atoms with Gasteiger partial charge < -0.3 is 10.1 Å². The Bertz CT molecular complexity index is 998. The average Bonchev–Trinajstić information content (AvgIpc) is 2.68. The van der Waals surface area contributed by atoms with Crippen molar-refractivity contribution < 1.29 is 26.7 Å². The van der Waals surface area contributed by atoms with E-state index in [4.69, 9.17) is 11.6 Å². The van der Waals surface area contributed by atoms with Gasteiger partial charge in [-0.1, -0.05) is 37.6 Å². The molecule has 6 nitrogen and oxygen atoms in total. The summed E-state index contributed by atoms with van der Waals surface area (Å²) in [5.41, 5.74) is 0.529. The van der Waals surface area contributed by atoms with Crippen LogP contribution in [0.5, 0.6) is 5.75 Å². The zero-order chi connectivity index (χ0) is 22.5. The van der Waals surface area contributed by atoms with Crippen molar-refractivity contribution in [2.75, 3.05) is 13.1 Å². The van der Waals surface area contributed by atoms with Crippen molar-refractivity contribution in [3.63, 3.8) is 0 Å². The highest BCUT2D eigenvalue weighted by atomic mass is 35.5. The number of benzene rings is 2. The fraction of sp³-hybridized carbons (Fsp3) is 0.350. The van der Waals surface area contributed by atoms with Crippen LogP contribution in [0, 0.1) is 0 Å². The van der Waals surface area contributed by atoms with E-state index in [1.807, 2.05) is 0 Å². The molecule has 0 aliphatic rings. The van der Waals surface area contributed by atoms with Gasteiger partial charge in [-0.25, -0.2) is 8.42 Å². The van der Waals surface area contributed by atoms with Gasteiger partial charge in [0.05, 0.1) is 21.5 Å². The summed E-state index contributed by atoms with van der Waals surface area (Å²) >= 11 is 6.13. The van der Waals surface area contributed by atoms with Crippen molar-refractivity contribution in [2.45, 2.75) is 38.3 Å². The molecule has 1 unspecified atom stereocenters. The Labute approximate surface area is 179 Å². The van der Waals surface area contributed by atoms with Gasteiger partial charge in [0, 0.05) is 13.1 Å². The minimum Gasteiger partial charge on any atom is -0.435 e. The minimum absolute atomic E-state index is 0.00303. The number of halogens is 3. The van der Waals surface area contributed by atoms with E-state index in [1.54, 1.807) is 26.8 Å². The maximum absolute atomic E-state index is 12.7. The van der Waals surface area contributed by atoms with Crippen LogP contribution in [0.3, 0.4) is 0 Å². The third kappa shape index (κ3) is 5.68. The second-order valence-corrected chi connectivity index (χ2v) is 8.72. The number of amides is 1. The molecule has 0 aliphatic carbocycles. The number of carbonyl (C=O) groups excluding carboxylic acids is 1. The molecule has 2 rings (SSSR count). The molecule has 0 saturated carbocycles. The molecule has 10 heteroatoms. The first-order valence-electron chi connectivity index (χ1n) is 9.25. The van der Waals surface area contributed by atoms with Gasteiger partial charge in [-0.3, -0.25) is 4.79 Å². The monoisotopic (exact) mass is 460 g/mol. The lowest BCUT2D eigenvalue weighted by Crippen LogP contribution is -2.31. The summed E-state index contributed by atoms with van der Waals surface area (Å²) in [6.45, 7) is 2.72. The number of rotatable bonds is 9. The molecule has 0 aliphatic heterocycles. The van der Waals surface area contributed by atoms with Crippen LogP contribution >= 0.6 is 11.6 Å². The second-order valence-electron chi connectivity index (χ2n) is 6.38. The van der Waals surface area contributed by atoms with Crippen LogP contribution in [-0.2, 0) is 10.0 Å². The van der Waals surface area contributed by atoms with Gasteiger partial charge in [0.25, 0.3) is 5.91 Å². The zero-order valence-corrected chi connectivity index (χ0v) is 18.3. The standard InChI is InChI=1S/C20H23ClF2N2O4S/c1-4-25(5-2)30(27,28)16-9-10-18(21)17(12-16)19(26)24-13(3)14-7-6-8-15(11-14)29-20(22)23/h6-13,20H,4-5H2,1-3H3,(H,24,26). The van der Waals surface area contributed by atoms with E-state index in [-0.39, 0.29) is 34.3 Å². The Kier molecular flexibility index (Phi) is 8.17. The van der Waals surface area contributed by atoms with Crippen LogP contribution < -0.4 is 10.1 Å². The largest absolute Gasteiger partial charge is 0.435 e. The predicted molar refractivity (Wildman–Crippen MR) is 111 cm³/mol. The smallest absolute Gasteiger partial charge is 0.387 e. The van der Waals surface area contributed by atoms with Crippen molar-refractivity contribution in [1.29, 1.82) is 0 Å². The summed E-state index contributed by atoms with van der Waals surface area (Å²) in [4.78, 5) is 12.7. The first kappa shape index (κ1) is 24.0. The third-order valence-electron chi connectivity index (χ3n) is 4.46. The number of sulfonamides is 1. The molecule has 2 aromatic carbocycles. The van der Waals surface area contributed by atoms with Gasteiger partial charge in [-0.15, -0.1) is 0 Å². The summed E-state index contributed by atoms with van der Waals surface area (Å²) in [7, 11) is -3.76. The highest BCUT2D eigenvalue weighted by Crippen LogP contribution is 2.25. The zero-order valence-electron chi connectivity index (χ0n) is 16.7. The molecule has 30 heavy (non-hydrogen) atoms. The van der Waals surface area contributed by atoms with Crippen LogP contribution in [0.1, 0.15) is 42.7 Å². The quantitative estimate of drug-likeness (QED) is 0.599. The van der Waals surface area contributed by atoms with Gasteiger partial charge in [0.2, 0.25) is 10.0 Å². The molecule has 0 fully saturated rings. The lowest BCUT2D eigenvalue weighted by Gasteiger charge is -2.20.